The van der Waals surface area contributed by atoms with E-state index in [4.69, 9.17) is 4.74 Å². The normalized spacial score (nSPS) is 49.6. The lowest BCUT2D eigenvalue weighted by Crippen LogP contribution is -2.26. The van der Waals surface area contributed by atoms with Gasteiger partial charge in [-0.05, 0) is 26.2 Å². The average Bonchev–Trinajstić information content (AvgIpc) is 2.43. The zero-order valence-electron chi connectivity index (χ0n) is 6.98. The number of rotatable bonds is 1. The number of halogens is 1. The molecule has 3 unspecified atom stereocenters. The summed E-state index contributed by atoms with van der Waals surface area (Å²) in [7, 11) is 0. The van der Waals surface area contributed by atoms with Gasteiger partial charge in [-0.2, -0.15) is 0 Å². The summed E-state index contributed by atoms with van der Waals surface area (Å²) >= 11 is 3.62. The number of fused-ring (bicyclic) bond motifs is 1. The molecule has 64 valence electrons. The first-order chi connectivity index (χ1) is 5.27. The van der Waals surface area contributed by atoms with Gasteiger partial charge < -0.3 is 4.74 Å². The third-order valence-electron chi connectivity index (χ3n) is 3.18. The molecular formula is C9H15BrO. The Morgan fingerprint density at radius 1 is 1.64 bits per heavy atom. The van der Waals surface area contributed by atoms with Crippen LogP contribution in [0, 0.1) is 5.41 Å². The topological polar surface area (TPSA) is 9.23 Å². The molecular weight excluding hydrogens is 204 g/mol. The minimum absolute atomic E-state index is 0.498. The van der Waals surface area contributed by atoms with Crippen molar-refractivity contribution >= 4 is 15.9 Å². The summed E-state index contributed by atoms with van der Waals surface area (Å²) in [5.41, 5.74) is 0.513. The number of alkyl halides is 1. The Morgan fingerprint density at radius 2 is 2.45 bits per heavy atom. The predicted molar refractivity (Wildman–Crippen MR) is 49.0 cm³/mol. The molecule has 1 nitrogen and oxygen atoms in total. The van der Waals surface area contributed by atoms with E-state index in [1.165, 1.54) is 25.7 Å². The fourth-order valence-electron chi connectivity index (χ4n) is 2.66. The molecule has 0 spiro atoms. The van der Waals surface area contributed by atoms with E-state index >= 15 is 0 Å². The van der Waals surface area contributed by atoms with E-state index in [9.17, 15) is 0 Å². The molecule has 0 aromatic rings. The van der Waals surface area contributed by atoms with Crippen LogP contribution in [0.5, 0.6) is 0 Å². The molecule has 1 saturated heterocycles. The van der Waals surface area contributed by atoms with Crippen LogP contribution < -0.4 is 0 Å². The second kappa shape index (κ2) is 2.74. The van der Waals surface area contributed by atoms with E-state index in [0.717, 1.165) is 5.33 Å². The largest absolute Gasteiger partial charge is 0.375 e. The van der Waals surface area contributed by atoms with E-state index in [1.54, 1.807) is 0 Å². The van der Waals surface area contributed by atoms with Crippen molar-refractivity contribution in [1.82, 2.24) is 0 Å². The summed E-state index contributed by atoms with van der Waals surface area (Å²) in [5, 5.41) is 1.13. The summed E-state index contributed by atoms with van der Waals surface area (Å²) in [6.07, 6.45) is 6.35. The highest BCUT2D eigenvalue weighted by molar-refractivity contribution is 9.09. The maximum Gasteiger partial charge on any atom is 0.0643 e. The fourth-order valence-corrected chi connectivity index (χ4v) is 3.53. The summed E-state index contributed by atoms with van der Waals surface area (Å²) in [4.78, 5) is 0. The first-order valence-electron chi connectivity index (χ1n) is 4.48. The van der Waals surface area contributed by atoms with Crippen molar-refractivity contribution in [2.24, 2.45) is 5.41 Å². The van der Waals surface area contributed by atoms with Crippen LogP contribution in [0.2, 0.25) is 0 Å². The number of hydrogen-bond acceptors (Lipinski definition) is 1. The Labute approximate surface area is 76.6 Å². The highest BCUT2D eigenvalue weighted by Gasteiger charge is 2.49. The fraction of sp³-hybridized carbons (Fsp3) is 1.00. The van der Waals surface area contributed by atoms with Crippen LogP contribution in [0.15, 0.2) is 0 Å². The van der Waals surface area contributed by atoms with Crippen LogP contribution in [0.4, 0.5) is 0 Å². The van der Waals surface area contributed by atoms with E-state index in [2.05, 4.69) is 22.9 Å². The lowest BCUT2D eigenvalue weighted by atomic mass is 9.84. The van der Waals surface area contributed by atoms with Crippen molar-refractivity contribution in [3.63, 3.8) is 0 Å². The van der Waals surface area contributed by atoms with Gasteiger partial charge in [0.05, 0.1) is 12.2 Å². The van der Waals surface area contributed by atoms with Gasteiger partial charge in [0.25, 0.3) is 0 Å². The Morgan fingerprint density at radius 3 is 3.09 bits per heavy atom. The van der Waals surface area contributed by atoms with E-state index < -0.39 is 0 Å². The molecule has 2 aliphatic rings. The SMILES string of the molecule is CC1CC2(CBr)CCCC2O1. The van der Waals surface area contributed by atoms with Gasteiger partial charge in [-0.25, -0.2) is 0 Å². The third kappa shape index (κ3) is 1.15. The average molecular weight is 219 g/mol. The van der Waals surface area contributed by atoms with E-state index in [1.807, 2.05) is 0 Å². The van der Waals surface area contributed by atoms with Crippen LogP contribution >= 0.6 is 15.9 Å². The van der Waals surface area contributed by atoms with Crippen molar-refractivity contribution in [2.75, 3.05) is 5.33 Å². The second-order valence-corrected chi connectivity index (χ2v) is 4.59. The van der Waals surface area contributed by atoms with Gasteiger partial charge >= 0.3 is 0 Å². The van der Waals surface area contributed by atoms with Gasteiger partial charge in [0.15, 0.2) is 0 Å². The van der Waals surface area contributed by atoms with Crippen LogP contribution in [0.3, 0.4) is 0 Å². The molecule has 0 bridgehead atoms. The predicted octanol–water partition coefficient (Wildman–Crippen LogP) is 2.73. The maximum atomic E-state index is 5.85. The molecule has 0 aromatic heterocycles. The maximum absolute atomic E-state index is 5.85. The molecule has 0 radical (unpaired) electrons. The summed E-state index contributed by atoms with van der Waals surface area (Å²) in [6.45, 7) is 2.20. The molecule has 1 saturated carbocycles. The van der Waals surface area contributed by atoms with Crippen LogP contribution in [-0.2, 0) is 4.74 Å². The minimum atomic E-state index is 0.498. The highest BCUT2D eigenvalue weighted by Crippen LogP contribution is 2.50. The zero-order chi connectivity index (χ0) is 7.90. The molecule has 0 N–H and O–H groups in total. The van der Waals surface area contributed by atoms with E-state index in [-0.39, 0.29) is 0 Å². The van der Waals surface area contributed by atoms with Gasteiger partial charge in [0.1, 0.15) is 0 Å². The molecule has 2 heteroatoms. The van der Waals surface area contributed by atoms with E-state index in [0.29, 0.717) is 17.6 Å². The third-order valence-corrected chi connectivity index (χ3v) is 4.30. The highest BCUT2D eigenvalue weighted by atomic mass is 79.9. The zero-order valence-corrected chi connectivity index (χ0v) is 8.56. The van der Waals surface area contributed by atoms with Crippen molar-refractivity contribution < 1.29 is 4.74 Å². The first kappa shape index (κ1) is 8.06. The van der Waals surface area contributed by atoms with Crippen LogP contribution in [0.1, 0.15) is 32.6 Å². The molecule has 0 amide bonds. The molecule has 3 atom stereocenters. The van der Waals surface area contributed by atoms with Gasteiger partial charge in [-0.1, -0.05) is 22.4 Å². The van der Waals surface area contributed by atoms with Gasteiger partial charge in [-0.15, -0.1) is 0 Å². The van der Waals surface area contributed by atoms with Crippen molar-refractivity contribution in [3.8, 4) is 0 Å². The van der Waals surface area contributed by atoms with Gasteiger partial charge in [0, 0.05) is 10.7 Å². The molecule has 0 aromatic carbocycles. The number of ether oxygens (including phenoxy) is 1. The molecule has 1 aliphatic heterocycles. The van der Waals surface area contributed by atoms with Crippen LogP contribution in [-0.4, -0.2) is 17.5 Å². The Bertz CT molecular complexity index is 160. The molecule has 1 heterocycles. The van der Waals surface area contributed by atoms with Crippen molar-refractivity contribution in [1.29, 1.82) is 0 Å². The number of hydrogen-bond donors (Lipinski definition) is 0. The lowest BCUT2D eigenvalue weighted by Gasteiger charge is -2.24. The Balaban J connectivity index is 2.15. The summed E-state index contributed by atoms with van der Waals surface area (Å²) < 4.78 is 5.85. The quantitative estimate of drug-likeness (QED) is 0.616. The molecule has 11 heavy (non-hydrogen) atoms. The summed E-state index contributed by atoms with van der Waals surface area (Å²) in [5.74, 6) is 0. The monoisotopic (exact) mass is 218 g/mol. The Hall–Kier alpha value is 0.440. The first-order valence-corrected chi connectivity index (χ1v) is 5.60. The standard InChI is InChI=1S/C9H15BrO/c1-7-5-9(6-10)4-2-3-8(9)11-7/h7-8H,2-6H2,1H3. The molecule has 2 fully saturated rings. The molecule has 2 rings (SSSR count). The van der Waals surface area contributed by atoms with Gasteiger partial charge in [0.2, 0.25) is 0 Å². The van der Waals surface area contributed by atoms with Crippen molar-refractivity contribution in [3.05, 3.63) is 0 Å². The Kier molecular flexibility index (Phi) is 2.00. The summed E-state index contributed by atoms with van der Waals surface area (Å²) in [6, 6.07) is 0. The second-order valence-electron chi connectivity index (χ2n) is 4.03. The van der Waals surface area contributed by atoms with Crippen molar-refractivity contribution in [2.45, 2.75) is 44.8 Å². The van der Waals surface area contributed by atoms with Gasteiger partial charge in [-0.3, -0.25) is 0 Å². The van der Waals surface area contributed by atoms with Crippen LogP contribution in [0.25, 0.3) is 0 Å². The minimum Gasteiger partial charge on any atom is -0.375 e. The lowest BCUT2D eigenvalue weighted by molar-refractivity contribution is 0.0381. The molecule has 1 aliphatic carbocycles. The smallest absolute Gasteiger partial charge is 0.0643 e.